The molecule has 0 bridgehead atoms. The SMILES string of the molecule is COC(=O)C1CN(C(=O)c2ccc(Cl)cn2)CC1C. The molecule has 1 aromatic heterocycles. The molecular formula is C13H15ClN2O3. The molecule has 1 saturated heterocycles. The van der Waals surface area contributed by atoms with Gasteiger partial charge in [-0.1, -0.05) is 18.5 Å². The Labute approximate surface area is 116 Å². The van der Waals surface area contributed by atoms with Crippen LogP contribution >= 0.6 is 11.6 Å². The van der Waals surface area contributed by atoms with Gasteiger partial charge in [-0.25, -0.2) is 4.98 Å². The maximum Gasteiger partial charge on any atom is 0.310 e. The van der Waals surface area contributed by atoms with Crippen molar-refractivity contribution in [2.24, 2.45) is 11.8 Å². The van der Waals surface area contributed by atoms with Crippen molar-refractivity contribution in [3.8, 4) is 0 Å². The van der Waals surface area contributed by atoms with Gasteiger partial charge in [-0.2, -0.15) is 0 Å². The number of likely N-dealkylation sites (tertiary alicyclic amines) is 1. The first-order valence-electron chi connectivity index (χ1n) is 6.01. The molecule has 2 atom stereocenters. The average molecular weight is 283 g/mol. The minimum Gasteiger partial charge on any atom is -0.469 e. The van der Waals surface area contributed by atoms with E-state index in [1.807, 2.05) is 6.92 Å². The van der Waals surface area contributed by atoms with Crippen molar-refractivity contribution in [1.29, 1.82) is 0 Å². The minimum absolute atomic E-state index is 0.0868. The van der Waals surface area contributed by atoms with Gasteiger partial charge in [0.2, 0.25) is 0 Å². The van der Waals surface area contributed by atoms with Gasteiger partial charge in [0.1, 0.15) is 5.69 Å². The average Bonchev–Trinajstić information content (AvgIpc) is 2.80. The summed E-state index contributed by atoms with van der Waals surface area (Å²) in [5.74, 6) is -0.633. The van der Waals surface area contributed by atoms with E-state index in [4.69, 9.17) is 16.3 Å². The Morgan fingerprint density at radius 3 is 2.74 bits per heavy atom. The van der Waals surface area contributed by atoms with Gasteiger partial charge >= 0.3 is 5.97 Å². The van der Waals surface area contributed by atoms with Crippen molar-refractivity contribution in [3.05, 3.63) is 29.0 Å². The van der Waals surface area contributed by atoms with Crippen LogP contribution in [0.4, 0.5) is 0 Å². The molecule has 0 aromatic carbocycles. The van der Waals surface area contributed by atoms with Crippen molar-refractivity contribution in [2.45, 2.75) is 6.92 Å². The number of halogens is 1. The van der Waals surface area contributed by atoms with Crippen LogP contribution in [0.15, 0.2) is 18.3 Å². The van der Waals surface area contributed by atoms with Gasteiger partial charge < -0.3 is 9.64 Å². The number of hydrogen-bond acceptors (Lipinski definition) is 4. The third kappa shape index (κ3) is 2.87. The van der Waals surface area contributed by atoms with Gasteiger partial charge in [0.25, 0.3) is 5.91 Å². The van der Waals surface area contributed by atoms with E-state index in [-0.39, 0.29) is 23.7 Å². The molecule has 102 valence electrons. The number of carbonyl (C=O) groups excluding carboxylic acids is 2. The molecule has 1 aliphatic heterocycles. The number of amides is 1. The van der Waals surface area contributed by atoms with Crippen LogP contribution in [0.1, 0.15) is 17.4 Å². The maximum atomic E-state index is 12.2. The first-order valence-corrected chi connectivity index (χ1v) is 6.39. The topological polar surface area (TPSA) is 59.5 Å². The molecule has 2 heterocycles. The number of carbonyl (C=O) groups is 2. The molecule has 0 radical (unpaired) electrons. The zero-order chi connectivity index (χ0) is 14.0. The number of esters is 1. The van der Waals surface area contributed by atoms with Crippen LogP contribution in [0.25, 0.3) is 0 Å². The zero-order valence-corrected chi connectivity index (χ0v) is 11.6. The molecule has 2 rings (SSSR count). The molecule has 0 saturated carbocycles. The Kier molecular flexibility index (Phi) is 4.04. The number of aromatic nitrogens is 1. The maximum absolute atomic E-state index is 12.2. The van der Waals surface area contributed by atoms with Crippen LogP contribution < -0.4 is 0 Å². The smallest absolute Gasteiger partial charge is 0.310 e. The predicted molar refractivity (Wildman–Crippen MR) is 69.8 cm³/mol. The summed E-state index contributed by atoms with van der Waals surface area (Å²) in [7, 11) is 1.36. The quantitative estimate of drug-likeness (QED) is 0.774. The van der Waals surface area contributed by atoms with Crippen molar-refractivity contribution < 1.29 is 14.3 Å². The third-order valence-electron chi connectivity index (χ3n) is 3.35. The Hall–Kier alpha value is -1.62. The second-order valence-corrected chi connectivity index (χ2v) is 5.12. The minimum atomic E-state index is -0.271. The molecule has 1 fully saturated rings. The standard InChI is InChI=1S/C13H15ClN2O3/c1-8-6-16(7-10(8)13(18)19-2)12(17)11-4-3-9(14)5-15-11/h3-5,8,10H,6-7H2,1-2H3. The predicted octanol–water partition coefficient (Wildman–Crippen LogP) is 1.62. The Morgan fingerprint density at radius 2 is 2.16 bits per heavy atom. The second-order valence-electron chi connectivity index (χ2n) is 4.68. The summed E-state index contributed by atoms with van der Waals surface area (Å²) in [4.78, 5) is 29.4. The highest BCUT2D eigenvalue weighted by atomic mass is 35.5. The van der Waals surface area contributed by atoms with E-state index in [9.17, 15) is 9.59 Å². The molecule has 2 unspecified atom stereocenters. The highest BCUT2D eigenvalue weighted by Gasteiger charge is 2.38. The number of methoxy groups -OCH3 is 1. The molecule has 1 amide bonds. The molecule has 1 aromatic rings. The summed E-state index contributed by atoms with van der Waals surface area (Å²) in [5.41, 5.74) is 0.335. The summed E-state index contributed by atoms with van der Waals surface area (Å²) in [6.07, 6.45) is 1.44. The Bertz CT molecular complexity index is 489. The van der Waals surface area contributed by atoms with Gasteiger partial charge in [-0.05, 0) is 18.1 Å². The highest BCUT2D eigenvalue weighted by Crippen LogP contribution is 2.25. The number of rotatable bonds is 2. The summed E-state index contributed by atoms with van der Waals surface area (Å²) in [5, 5.41) is 0.485. The zero-order valence-electron chi connectivity index (χ0n) is 10.8. The fourth-order valence-corrected chi connectivity index (χ4v) is 2.37. The number of nitrogens with zero attached hydrogens (tertiary/aromatic N) is 2. The summed E-state index contributed by atoms with van der Waals surface area (Å²) >= 11 is 5.73. The molecule has 0 N–H and O–H groups in total. The van der Waals surface area contributed by atoms with Crippen LogP contribution in [-0.4, -0.2) is 42.0 Å². The lowest BCUT2D eigenvalue weighted by Crippen LogP contribution is -2.30. The van der Waals surface area contributed by atoms with Crippen LogP contribution in [0.5, 0.6) is 0 Å². The number of pyridine rings is 1. The molecule has 5 nitrogen and oxygen atoms in total. The van der Waals surface area contributed by atoms with Crippen LogP contribution in [0.2, 0.25) is 5.02 Å². The number of ether oxygens (including phenoxy) is 1. The Morgan fingerprint density at radius 1 is 1.42 bits per heavy atom. The largest absolute Gasteiger partial charge is 0.469 e. The van der Waals surface area contributed by atoms with Gasteiger partial charge in [0, 0.05) is 19.3 Å². The molecule has 6 heteroatoms. The van der Waals surface area contributed by atoms with Gasteiger partial charge in [0.05, 0.1) is 18.1 Å². The summed E-state index contributed by atoms with van der Waals surface area (Å²) in [6.45, 7) is 2.84. The normalized spacial score (nSPS) is 22.4. The van der Waals surface area contributed by atoms with Crippen molar-refractivity contribution >= 4 is 23.5 Å². The molecular weight excluding hydrogens is 268 g/mol. The lowest BCUT2D eigenvalue weighted by molar-refractivity contribution is -0.146. The van der Waals surface area contributed by atoms with E-state index < -0.39 is 0 Å². The van der Waals surface area contributed by atoms with E-state index in [0.29, 0.717) is 23.8 Å². The second kappa shape index (κ2) is 5.57. The third-order valence-corrected chi connectivity index (χ3v) is 3.57. The fourth-order valence-electron chi connectivity index (χ4n) is 2.26. The molecule has 0 spiro atoms. The van der Waals surface area contributed by atoms with Gasteiger partial charge in [0.15, 0.2) is 0 Å². The lowest BCUT2D eigenvalue weighted by atomic mass is 9.99. The fraction of sp³-hybridized carbons (Fsp3) is 0.462. The van der Waals surface area contributed by atoms with Crippen molar-refractivity contribution in [2.75, 3.05) is 20.2 Å². The van der Waals surface area contributed by atoms with Crippen LogP contribution in [0.3, 0.4) is 0 Å². The van der Waals surface area contributed by atoms with E-state index in [1.54, 1.807) is 17.0 Å². The van der Waals surface area contributed by atoms with Crippen molar-refractivity contribution in [3.63, 3.8) is 0 Å². The Balaban J connectivity index is 2.09. The van der Waals surface area contributed by atoms with E-state index in [1.165, 1.54) is 13.3 Å². The van der Waals surface area contributed by atoms with Crippen molar-refractivity contribution in [1.82, 2.24) is 9.88 Å². The highest BCUT2D eigenvalue weighted by molar-refractivity contribution is 6.30. The van der Waals surface area contributed by atoms with Gasteiger partial charge in [-0.3, -0.25) is 9.59 Å². The first kappa shape index (κ1) is 13.8. The van der Waals surface area contributed by atoms with E-state index in [2.05, 4.69) is 4.98 Å². The first-order chi connectivity index (χ1) is 9.02. The summed E-state index contributed by atoms with van der Waals surface area (Å²) in [6, 6.07) is 3.21. The number of hydrogen-bond donors (Lipinski definition) is 0. The summed E-state index contributed by atoms with van der Waals surface area (Å²) < 4.78 is 4.74. The monoisotopic (exact) mass is 282 g/mol. The van der Waals surface area contributed by atoms with Gasteiger partial charge in [-0.15, -0.1) is 0 Å². The van der Waals surface area contributed by atoms with E-state index >= 15 is 0 Å². The lowest BCUT2D eigenvalue weighted by Gasteiger charge is -2.15. The molecule has 0 aliphatic carbocycles. The van der Waals surface area contributed by atoms with Crippen LogP contribution in [0, 0.1) is 11.8 Å². The van der Waals surface area contributed by atoms with Crippen LogP contribution in [-0.2, 0) is 9.53 Å². The molecule has 19 heavy (non-hydrogen) atoms. The molecule has 1 aliphatic rings. The van der Waals surface area contributed by atoms with E-state index in [0.717, 1.165) is 0 Å².